The molecule has 4 aromatic rings. The SMILES string of the molecule is COc1ccc(C(OC[C@]2(CO[Si](C(C)C)(C(C)C)C(C)C)CN(C(=O)OC(C)(C)C)C[C@H](n3ccc(=O)[nH]c3=O)O2)(c2ccccc2)c2ccc(OC)cc2)cc1. The summed E-state index contributed by atoms with van der Waals surface area (Å²) in [4.78, 5) is 43.7. The van der Waals surface area contributed by atoms with Crippen molar-refractivity contribution in [2.24, 2.45) is 0 Å². The van der Waals surface area contributed by atoms with Gasteiger partial charge in [-0.05, 0) is 78.4 Å². The lowest BCUT2D eigenvalue weighted by molar-refractivity contribution is -0.225. The summed E-state index contributed by atoms with van der Waals surface area (Å²) in [5.41, 5.74) is -1.49. The Balaban J connectivity index is 1.76. The number of nitrogens with zero attached hydrogens (tertiary/aromatic N) is 2. The topological polar surface area (TPSA) is 131 Å². The number of carbonyl (C=O) groups is 1. The van der Waals surface area contributed by atoms with Crippen LogP contribution in [0.3, 0.4) is 0 Å². The highest BCUT2D eigenvalue weighted by Gasteiger charge is 2.52. The monoisotopic (exact) mass is 815 g/mol. The van der Waals surface area contributed by atoms with E-state index in [1.807, 2.05) is 78.9 Å². The van der Waals surface area contributed by atoms with Gasteiger partial charge in [0.2, 0.25) is 0 Å². The van der Waals surface area contributed by atoms with Crippen LogP contribution in [0, 0.1) is 0 Å². The Bertz CT molecular complexity index is 2010. The Morgan fingerprint density at radius 3 is 1.78 bits per heavy atom. The molecule has 0 aliphatic carbocycles. The number of hydrogen-bond donors (Lipinski definition) is 1. The Morgan fingerprint density at radius 2 is 1.31 bits per heavy atom. The fraction of sp³-hybridized carbons (Fsp3) is 0.489. The fourth-order valence-electron chi connectivity index (χ4n) is 8.50. The van der Waals surface area contributed by atoms with Crippen molar-refractivity contribution < 1.29 is 32.9 Å². The maximum atomic E-state index is 14.1. The molecule has 0 spiro atoms. The first kappa shape index (κ1) is 44.4. The summed E-state index contributed by atoms with van der Waals surface area (Å²) in [6.07, 6.45) is -0.239. The van der Waals surface area contributed by atoms with Crippen LogP contribution < -0.4 is 20.7 Å². The largest absolute Gasteiger partial charge is 0.497 e. The second-order valence-corrected chi connectivity index (χ2v) is 22.5. The molecule has 1 amide bonds. The van der Waals surface area contributed by atoms with Crippen molar-refractivity contribution in [1.82, 2.24) is 14.5 Å². The number of carbonyl (C=O) groups excluding carboxylic acids is 1. The van der Waals surface area contributed by atoms with Crippen LogP contribution in [-0.2, 0) is 24.2 Å². The first-order valence-corrected chi connectivity index (χ1v) is 22.1. The number of H-pyrrole nitrogens is 1. The van der Waals surface area contributed by atoms with Crippen LogP contribution in [0.25, 0.3) is 0 Å². The van der Waals surface area contributed by atoms with Gasteiger partial charge in [-0.3, -0.25) is 14.3 Å². The zero-order chi connectivity index (χ0) is 42.5. The molecular formula is C45H61N3O9Si. The van der Waals surface area contributed by atoms with Crippen LogP contribution in [-0.4, -0.2) is 80.6 Å². The zero-order valence-electron chi connectivity index (χ0n) is 35.9. The third-order valence-corrected chi connectivity index (χ3v) is 17.1. The van der Waals surface area contributed by atoms with Crippen LogP contribution in [0.1, 0.15) is 85.2 Å². The van der Waals surface area contributed by atoms with E-state index in [0.717, 1.165) is 16.7 Å². The van der Waals surface area contributed by atoms with Crippen LogP contribution in [0.4, 0.5) is 4.79 Å². The minimum absolute atomic E-state index is 0.0192. The minimum atomic E-state index is -2.57. The number of aromatic nitrogens is 2. The Kier molecular flexibility index (Phi) is 13.8. The molecule has 5 rings (SSSR count). The molecule has 58 heavy (non-hydrogen) atoms. The molecule has 0 radical (unpaired) electrons. The summed E-state index contributed by atoms with van der Waals surface area (Å²) in [6.45, 7) is 18.6. The molecule has 1 saturated heterocycles. The summed E-state index contributed by atoms with van der Waals surface area (Å²) in [7, 11) is 0.680. The van der Waals surface area contributed by atoms with Gasteiger partial charge in [-0.2, -0.15) is 0 Å². The molecule has 0 bridgehead atoms. The van der Waals surface area contributed by atoms with Crippen molar-refractivity contribution in [3.63, 3.8) is 0 Å². The van der Waals surface area contributed by atoms with E-state index < -0.39 is 48.7 Å². The second kappa shape index (κ2) is 18.1. The number of rotatable bonds is 15. The summed E-state index contributed by atoms with van der Waals surface area (Å²) >= 11 is 0. The molecule has 3 aromatic carbocycles. The highest BCUT2D eigenvalue weighted by atomic mass is 28.4. The first-order valence-electron chi connectivity index (χ1n) is 20.0. The van der Waals surface area contributed by atoms with Crippen molar-refractivity contribution in [1.29, 1.82) is 0 Å². The molecule has 1 N–H and O–H groups in total. The summed E-state index contributed by atoms with van der Waals surface area (Å²) < 4.78 is 40.3. The number of methoxy groups -OCH3 is 2. The van der Waals surface area contributed by atoms with Gasteiger partial charge in [-0.25, -0.2) is 9.59 Å². The summed E-state index contributed by atoms with van der Waals surface area (Å²) in [5.74, 6) is 1.36. The number of aromatic amines is 1. The third-order valence-electron chi connectivity index (χ3n) is 11.1. The van der Waals surface area contributed by atoms with Gasteiger partial charge in [0.15, 0.2) is 14.5 Å². The number of hydrogen-bond acceptors (Lipinski definition) is 9. The normalized spacial score (nSPS) is 17.8. The van der Waals surface area contributed by atoms with E-state index in [2.05, 4.69) is 46.5 Å². The zero-order valence-corrected chi connectivity index (χ0v) is 36.9. The lowest BCUT2D eigenvalue weighted by Gasteiger charge is -2.50. The molecule has 0 unspecified atom stereocenters. The average molecular weight is 816 g/mol. The lowest BCUT2D eigenvalue weighted by atomic mass is 9.79. The standard InChI is InChI=1S/C45H61N3O9Si/c1-31(2)58(32(3)4,33(5)6)55-30-44(28-47(42(51)57-43(7,8)9)27-40(56-44)48-26-25-39(49)46-41(48)50)29-54-45(34-15-13-12-14-16-34,35-17-21-37(52-10)22-18-35)36-19-23-38(53-11)24-20-36/h12-26,31-33,40H,27-30H2,1-11H3,(H,46,49,50)/t40-,44+/m1/s1. The second-order valence-electron chi connectivity index (χ2n) is 17.0. The predicted octanol–water partition coefficient (Wildman–Crippen LogP) is 8.26. The van der Waals surface area contributed by atoms with Crippen LogP contribution in [0.15, 0.2) is 101 Å². The molecule has 1 fully saturated rings. The van der Waals surface area contributed by atoms with Gasteiger partial charge in [-0.15, -0.1) is 0 Å². The van der Waals surface area contributed by atoms with E-state index >= 15 is 0 Å². The number of benzene rings is 3. The maximum absolute atomic E-state index is 14.1. The Labute approximate surface area is 343 Å². The summed E-state index contributed by atoms with van der Waals surface area (Å²) in [5, 5.41) is 0. The van der Waals surface area contributed by atoms with Gasteiger partial charge in [-0.1, -0.05) is 96.1 Å². The molecule has 314 valence electrons. The van der Waals surface area contributed by atoms with Gasteiger partial charge in [0, 0.05) is 12.3 Å². The molecule has 0 saturated carbocycles. The van der Waals surface area contributed by atoms with Crippen molar-refractivity contribution in [3.8, 4) is 11.5 Å². The molecular weight excluding hydrogens is 755 g/mol. The van der Waals surface area contributed by atoms with Gasteiger partial charge in [0.25, 0.3) is 5.56 Å². The van der Waals surface area contributed by atoms with Crippen molar-refractivity contribution in [3.05, 3.63) is 129 Å². The molecule has 1 aliphatic rings. The minimum Gasteiger partial charge on any atom is -0.497 e. The van der Waals surface area contributed by atoms with E-state index in [0.29, 0.717) is 11.5 Å². The highest BCUT2D eigenvalue weighted by molar-refractivity contribution is 6.77. The van der Waals surface area contributed by atoms with Crippen LogP contribution in [0.5, 0.6) is 11.5 Å². The smallest absolute Gasteiger partial charge is 0.410 e. The molecule has 1 aromatic heterocycles. The van der Waals surface area contributed by atoms with Crippen molar-refractivity contribution in [2.45, 2.75) is 102 Å². The highest BCUT2D eigenvalue weighted by Crippen LogP contribution is 2.46. The van der Waals surface area contributed by atoms with E-state index in [9.17, 15) is 14.4 Å². The number of nitrogens with one attached hydrogen (secondary N) is 1. The average Bonchev–Trinajstić information content (AvgIpc) is 3.18. The van der Waals surface area contributed by atoms with Gasteiger partial charge in [0.05, 0.1) is 40.5 Å². The van der Waals surface area contributed by atoms with Crippen LogP contribution in [0.2, 0.25) is 16.6 Å². The predicted molar refractivity (Wildman–Crippen MR) is 227 cm³/mol. The molecule has 2 heterocycles. The molecule has 1 aliphatic heterocycles. The van der Waals surface area contributed by atoms with Gasteiger partial charge >= 0.3 is 11.8 Å². The van der Waals surface area contributed by atoms with E-state index in [-0.39, 0.29) is 42.9 Å². The van der Waals surface area contributed by atoms with Crippen molar-refractivity contribution >= 4 is 14.4 Å². The van der Waals surface area contributed by atoms with E-state index in [4.69, 9.17) is 28.1 Å². The summed E-state index contributed by atoms with van der Waals surface area (Å²) in [6, 6.07) is 26.7. The van der Waals surface area contributed by atoms with Gasteiger partial charge < -0.3 is 33.0 Å². The van der Waals surface area contributed by atoms with Crippen molar-refractivity contribution in [2.75, 3.05) is 40.5 Å². The van der Waals surface area contributed by atoms with Gasteiger partial charge in [0.1, 0.15) is 28.3 Å². The van der Waals surface area contributed by atoms with E-state index in [1.54, 1.807) is 39.9 Å². The van der Waals surface area contributed by atoms with Crippen LogP contribution >= 0.6 is 0 Å². The molecule has 2 atom stereocenters. The van der Waals surface area contributed by atoms with E-state index in [1.165, 1.54) is 16.8 Å². The fourth-order valence-corrected chi connectivity index (χ4v) is 14.0. The third kappa shape index (κ3) is 9.44. The first-order chi connectivity index (χ1) is 27.4. The molecule has 12 nitrogen and oxygen atoms in total. The lowest BCUT2D eigenvalue weighted by Crippen LogP contribution is -2.63. The quantitative estimate of drug-likeness (QED) is 0.0931. The Hall–Kier alpha value is -4.69. The number of morpholine rings is 1. The number of ether oxygens (including phenoxy) is 5. The molecule has 13 heteroatoms. The number of amides is 1. The maximum Gasteiger partial charge on any atom is 0.410 e. The Morgan fingerprint density at radius 1 is 0.793 bits per heavy atom.